The average molecular weight is 425 g/mol. The minimum Gasteiger partial charge on any atom is -0.366 e. The molecular formula is C21H18F3N7. The van der Waals surface area contributed by atoms with Crippen LogP contribution in [0.4, 0.5) is 19.0 Å². The number of H-pyrrole nitrogens is 1. The number of nitrogens with zero attached hydrogens (tertiary/aromatic N) is 5. The molecule has 2 aromatic carbocycles. The normalized spacial score (nSPS) is 11.5. The van der Waals surface area contributed by atoms with Crippen LogP contribution in [-0.2, 0) is 12.7 Å². The number of tetrazole rings is 1. The van der Waals surface area contributed by atoms with Crippen molar-refractivity contribution in [2.75, 3.05) is 5.32 Å². The molecule has 0 aliphatic carbocycles. The van der Waals surface area contributed by atoms with Crippen molar-refractivity contribution in [1.29, 1.82) is 0 Å². The van der Waals surface area contributed by atoms with Gasteiger partial charge in [-0.1, -0.05) is 42.5 Å². The molecule has 0 aliphatic rings. The number of aromatic nitrogens is 6. The standard InChI is InChI=1S/C21H18F3N7/c1-12-18(21(22,23)24)26-13(2)27-19(12)25-11-14-8-9-16(15-6-4-3-5-7-15)17(10-14)20-28-30-31-29-20/h3-10H,11H2,1-2H3,(H,25,26,27)(H,28,29,30,31). The van der Waals surface area contributed by atoms with Crippen molar-refractivity contribution in [2.24, 2.45) is 0 Å². The molecule has 0 saturated carbocycles. The third-order valence-corrected chi connectivity index (χ3v) is 4.74. The van der Waals surface area contributed by atoms with E-state index in [-0.39, 0.29) is 23.8 Å². The Labute approximate surface area is 175 Å². The van der Waals surface area contributed by atoms with Gasteiger partial charge in [-0.05, 0) is 41.8 Å². The summed E-state index contributed by atoms with van der Waals surface area (Å²) in [5, 5.41) is 17.2. The number of aromatic amines is 1. The number of alkyl halides is 3. The van der Waals surface area contributed by atoms with Gasteiger partial charge in [0.05, 0.1) is 0 Å². The van der Waals surface area contributed by atoms with Crippen LogP contribution in [0.3, 0.4) is 0 Å². The predicted molar refractivity (Wildman–Crippen MR) is 109 cm³/mol. The van der Waals surface area contributed by atoms with Gasteiger partial charge in [0.25, 0.3) is 0 Å². The molecule has 31 heavy (non-hydrogen) atoms. The lowest BCUT2D eigenvalue weighted by Gasteiger charge is -2.15. The molecule has 0 unspecified atom stereocenters. The molecule has 0 atom stereocenters. The van der Waals surface area contributed by atoms with Gasteiger partial charge in [-0.3, -0.25) is 0 Å². The summed E-state index contributed by atoms with van der Waals surface area (Å²) in [7, 11) is 0. The van der Waals surface area contributed by atoms with Gasteiger partial charge in [0.15, 0.2) is 5.69 Å². The molecule has 158 valence electrons. The van der Waals surface area contributed by atoms with E-state index in [1.165, 1.54) is 13.8 Å². The maximum Gasteiger partial charge on any atom is 0.433 e. The zero-order valence-electron chi connectivity index (χ0n) is 16.7. The Bertz CT molecular complexity index is 1190. The second-order valence-electron chi connectivity index (χ2n) is 6.93. The van der Waals surface area contributed by atoms with Gasteiger partial charge in [-0.15, -0.1) is 10.2 Å². The van der Waals surface area contributed by atoms with Crippen LogP contribution in [0.2, 0.25) is 0 Å². The van der Waals surface area contributed by atoms with Crippen LogP contribution < -0.4 is 5.32 Å². The van der Waals surface area contributed by atoms with Crippen LogP contribution in [-0.4, -0.2) is 30.6 Å². The van der Waals surface area contributed by atoms with Gasteiger partial charge in [0.1, 0.15) is 11.6 Å². The second kappa shape index (κ2) is 8.13. The first-order valence-electron chi connectivity index (χ1n) is 9.41. The Morgan fingerprint density at radius 3 is 2.42 bits per heavy atom. The van der Waals surface area contributed by atoms with Crippen molar-refractivity contribution in [3.8, 4) is 22.5 Å². The Kier molecular flexibility index (Phi) is 5.37. The van der Waals surface area contributed by atoms with Crippen molar-refractivity contribution >= 4 is 5.82 Å². The van der Waals surface area contributed by atoms with E-state index < -0.39 is 11.9 Å². The minimum absolute atomic E-state index is 0.0441. The lowest BCUT2D eigenvalue weighted by molar-refractivity contribution is -0.141. The van der Waals surface area contributed by atoms with Crippen LogP contribution in [0.15, 0.2) is 48.5 Å². The van der Waals surface area contributed by atoms with Gasteiger partial charge in [0.2, 0.25) is 5.82 Å². The molecule has 7 nitrogen and oxygen atoms in total. The van der Waals surface area contributed by atoms with E-state index in [9.17, 15) is 13.2 Å². The van der Waals surface area contributed by atoms with Crippen LogP contribution in [0.1, 0.15) is 22.6 Å². The van der Waals surface area contributed by atoms with E-state index in [0.29, 0.717) is 5.82 Å². The number of hydrogen-bond acceptors (Lipinski definition) is 6. The van der Waals surface area contributed by atoms with Crippen molar-refractivity contribution in [3.05, 3.63) is 71.2 Å². The summed E-state index contributed by atoms with van der Waals surface area (Å²) < 4.78 is 39.7. The van der Waals surface area contributed by atoms with Crippen LogP contribution in [0, 0.1) is 13.8 Å². The molecule has 2 aromatic heterocycles. The molecule has 0 fully saturated rings. The Morgan fingerprint density at radius 2 is 1.74 bits per heavy atom. The topological polar surface area (TPSA) is 92.3 Å². The third kappa shape index (κ3) is 4.37. The van der Waals surface area contributed by atoms with Gasteiger partial charge in [-0.2, -0.15) is 18.4 Å². The number of aryl methyl sites for hydroxylation is 1. The largest absolute Gasteiger partial charge is 0.433 e. The summed E-state index contributed by atoms with van der Waals surface area (Å²) in [5.74, 6) is 0.620. The van der Waals surface area contributed by atoms with Crippen molar-refractivity contribution in [2.45, 2.75) is 26.6 Å². The fraction of sp³-hybridized carbons (Fsp3) is 0.190. The van der Waals surface area contributed by atoms with Crippen molar-refractivity contribution < 1.29 is 13.2 Å². The second-order valence-corrected chi connectivity index (χ2v) is 6.93. The minimum atomic E-state index is -4.54. The fourth-order valence-electron chi connectivity index (χ4n) is 3.29. The Hall–Kier alpha value is -3.82. The smallest absolute Gasteiger partial charge is 0.366 e. The molecule has 0 radical (unpaired) electrons. The molecule has 2 N–H and O–H groups in total. The van der Waals surface area contributed by atoms with Crippen molar-refractivity contribution in [3.63, 3.8) is 0 Å². The zero-order chi connectivity index (χ0) is 22.0. The summed E-state index contributed by atoms with van der Waals surface area (Å²) in [6.45, 7) is 3.05. The highest BCUT2D eigenvalue weighted by atomic mass is 19.4. The maximum atomic E-state index is 13.2. The first-order chi connectivity index (χ1) is 14.8. The SMILES string of the molecule is Cc1nc(NCc2ccc(-c3ccccc3)c(-c3nn[nH]n3)c2)c(C)c(C(F)(F)F)n1. The maximum absolute atomic E-state index is 13.2. The lowest BCUT2D eigenvalue weighted by Crippen LogP contribution is -2.15. The van der Waals surface area contributed by atoms with E-state index in [1.807, 2.05) is 48.5 Å². The van der Waals surface area contributed by atoms with E-state index in [2.05, 4.69) is 35.9 Å². The lowest BCUT2D eigenvalue weighted by atomic mass is 9.97. The molecule has 10 heteroatoms. The van der Waals surface area contributed by atoms with Crippen LogP contribution in [0.5, 0.6) is 0 Å². The van der Waals surface area contributed by atoms with Gasteiger partial charge in [-0.25, -0.2) is 9.97 Å². The molecule has 0 amide bonds. The number of halogens is 3. The highest BCUT2D eigenvalue weighted by molar-refractivity contribution is 5.80. The van der Waals surface area contributed by atoms with E-state index in [0.717, 1.165) is 22.3 Å². The Morgan fingerprint density at radius 1 is 0.968 bits per heavy atom. The summed E-state index contributed by atoms with van der Waals surface area (Å²) in [6, 6.07) is 15.5. The molecule has 0 aliphatic heterocycles. The van der Waals surface area contributed by atoms with Crippen LogP contribution in [0.25, 0.3) is 22.5 Å². The molecule has 0 bridgehead atoms. The highest BCUT2D eigenvalue weighted by Crippen LogP contribution is 2.33. The number of nitrogens with one attached hydrogen (secondary N) is 2. The van der Waals surface area contributed by atoms with Gasteiger partial charge < -0.3 is 5.32 Å². The number of anilines is 1. The van der Waals surface area contributed by atoms with Crippen LogP contribution >= 0.6 is 0 Å². The quantitative estimate of drug-likeness (QED) is 0.487. The fourth-order valence-corrected chi connectivity index (χ4v) is 3.29. The zero-order valence-corrected chi connectivity index (χ0v) is 16.7. The Balaban J connectivity index is 1.67. The summed E-state index contributed by atoms with van der Waals surface area (Å²) in [6.07, 6.45) is -4.54. The van der Waals surface area contributed by atoms with Crippen molar-refractivity contribution in [1.82, 2.24) is 30.6 Å². The van der Waals surface area contributed by atoms with E-state index >= 15 is 0 Å². The molecule has 2 heterocycles. The summed E-state index contributed by atoms with van der Waals surface area (Å²) in [5.41, 5.74) is 2.50. The van der Waals surface area contributed by atoms with Gasteiger partial charge >= 0.3 is 6.18 Å². The van der Waals surface area contributed by atoms with Gasteiger partial charge in [0, 0.05) is 17.7 Å². The first-order valence-corrected chi connectivity index (χ1v) is 9.41. The summed E-state index contributed by atoms with van der Waals surface area (Å²) in [4.78, 5) is 7.69. The monoisotopic (exact) mass is 425 g/mol. The summed E-state index contributed by atoms with van der Waals surface area (Å²) >= 11 is 0. The molecular weight excluding hydrogens is 407 g/mol. The van der Waals surface area contributed by atoms with E-state index in [1.54, 1.807) is 0 Å². The predicted octanol–water partition coefficient (Wildman–Crippen LogP) is 4.57. The first kappa shape index (κ1) is 20.5. The number of benzene rings is 2. The molecule has 4 aromatic rings. The average Bonchev–Trinajstić information content (AvgIpc) is 3.28. The number of rotatable bonds is 5. The van der Waals surface area contributed by atoms with E-state index in [4.69, 9.17) is 0 Å². The molecule has 0 spiro atoms. The highest BCUT2D eigenvalue weighted by Gasteiger charge is 2.36. The number of hydrogen-bond donors (Lipinski definition) is 2. The molecule has 0 saturated heterocycles. The molecule has 4 rings (SSSR count). The third-order valence-electron chi connectivity index (χ3n) is 4.74.